The summed E-state index contributed by atoms with van der Waals surface area (Å²) >= 11 is 0. The number of para-hydroxylation sites is 1. The van der Waals surface area contributed by atoms with Gasteiger partial charge in [-0.25, -0.2) is 4.98 Å². The van der Waals surface area contributed by atoms with E-state index in [0.29, 0.717) is 17.4 Å². The first-order valence-electron chi connectivity index (χ1n) is 19.9. The van der Waals surface area contributed by atoms with Crippen molar-refractivity contribution in [2.24, 2.45) is 0 Å². The van der Waals surface area contributed by atoms with Gasteiger partial charge in [0.1, 0.15) is 5.75 Å². The zero-order valence-electron chi connectivity index (χ0n) is 35.4. The Morgan fingerprint density at radius 2 is 0.945 bits per heavy atom. The van der Waals surface area contributed by atoms with Crippen molar-refractivity contribution in [2.45, 2.75) is 118 Å². The quantitative estimate of drug-likeness (QED) is 0.178. The maximum atomic E-state index is 11.0. The molecule has 2 heterocycles. The van der Waals surface area contributed by atoms with Crippen molar-refractivity contribution >= 4 is 0 Å². The fourth-order valence-corrected chi connectivity index (χ4v) is 7.28. The monoisotopic (exact) mass is 728 g/mol. The minimum absolute atomic E-state index is 0.0250. The molecule has 0 bridgehead atoms. The van der Waals surface area contributed by atoms with E-state index in [1.54, 1.807) is 6.07 Å². The van der Waals surface area contributed by atoms with Gasteiger partial charge in [-0.1, -0.05) is 151 Å². The van der Waals surface area contributed by atoms with Crippen molar-refractivity contribution in [3.8, 4) is 61.8 Å². The zero-order chi connectivity index (χ0) is 40.0. The van der Waals surface area contributed by atoms with Crippen LogP contribution in [0.5, 0.6) is 5.75 Å². The third kappa shape index (κ3) is 8.62. The fourth-order valence-electron chi connectivity index (χ4n) is 7.28. The highest BCUT2D eigenvalue weighted by Crippen LogP contribution is 2.42. The van der Waals surface area contributed by atoms with Crippen LogP contribution in [-0.2, 0) is 16.2 Å². The lowest BCUT2D eigenvalue weighted by Crippen LogP contribution is -2.16. The van der Waals surface area contributed by atoms with Crippen molar-refractivity contribution < 1.29 is 5.11 Å². The molecular formula is C52H60N2O. The Labute approximate surface area is 331 Å². The van der Waals surface area contributed by atoms with E-state index in [9.17, 15) is 5.11 Å². The second-order valence-electron chi connectivity index (χ2n) is 19.0. The maximum absolute atomic E-state index is 11.0. The van der Waals surface area contributed by atoms with Crippen molar-refractivity contribution in [1.82, 2.24) is 9.97 Å². The Hall–Kier alpha value is -5.02. The van der Waals surface area contributed by atoms with Gasteiger partial charge in [0.05, 0.1) is 17.1 Å². The molecular weight excluding hydrogens is 669 g/mol. The summed E-state index contributed by atoms with van der Waals surface area (Å²) in [6.45, 7) is 29.7. The highest BCUT2D eigenvalue weighted by Gasteiger charge is 2.24. The first-order valence-corrected chi connectivity index (χ1v) is 19.9. The third-order valence-electron chi connectivity index (χ3n) is 10.8. The maximum Gasteiger partial charge on any atom is 0.124 e. The normalized spacial score (nSPS) is 12.5. The second-order valence-corrected chi connectivity index (χ2v) is 19.0. The molecule has 1 N–H and O–H groups in total. The Morgan fingerprint density at radius 1 is 0.455 bits per heavy atom. The van der Waals surface area contributed by atoms with Crippen LogP contribution in [0.4, 0.5) is 0 Å². The van der Waals surface area contributed by atoms with E-state index in [1.807, 2.05) is 24.4 Å². The summed E-state index contributed by atoms with van der Waals surface area (Å²) in [6.07, 6.45) is 1.95. The van der Waals surface area contributed by atoms with Crippen LogP contribution in [0.2, 0.25) is 0 Å². The molecule has 55 heavy (non-hydrogen) atoms. The van der Waals surface area contributed by atoms with Gasteiger partial charge < -0.3 is 5.11 Å². The van der Waals surface area contributed by atoms with Gasteiger partial charge in [-0.15, -0.1) is 0 Å². The third-order valence-corrected chi connectivity index (χ3v) is 10.8. The lowest BCUT2D eigenvalue weighted by Gasteiger charge is -2.27. The SMILES string of the molecule is CC(C)c1cc(C(C)(C)C)cc(C(C)C)c1-c1ccnc(-c2cccc(-c3cc(-c4cc(C(C)(C)C)cc(C(C)(C)C)c4)cc(-c4ccccc4O)n3)c2)c1. The molecule has 3 nitrogen and oxygen atoms in total. The van der Waals surface area contributed by atoms with Crippen LogP contribution in [0, 0.1) is 0 Å². The molecule has 0 radical (unpaired) electrons. The largest absolute Gasteiger partial charge is 0.507 e. The molecule has 0 aliphatic carbocycles. The minimum atomic E-state index is -0.0250. The van der Waals surface area contributed by atoms with Crippen LogP contribution in [0.15, 0.2) is 109 Å². The van der Waals surface area contributed by atoms with Gasteiger partial charge in [0, 0.05) is 22.9 Å². The van der Waals surface area contributed by atoms with Crippen molar-refractivity contribution in [2.75, 3.05) is 0 Å². The molecule has 4 aromatic carbocycles. The number of hydrogen-bond acceptors (Lipinski definition) is 3. The van der Waals surface area contributed by atoms with Crippen LogP contribution in [0.25, 0.3) is 56.0 Å². The Morgan fingerprint density at radius 3 is 1.49 bits per heavy atom. The molecule has 0 saturated carbocycles. The molecule has 0 saturated heterocycles. The van der Waals surface area contributed by atoms with Gasteiger partial charge in [0.15, 0.2) is 0 Å². The zero-order valence-corrected chi connectivity index (χ0v) is 35.4. The first-order chi connectivity index (χ1) is 25.7. The van der Waals surface area contributed by atoms with Gasteiger partial charge in [0.2, 0.25) is 0 Å². The van der Waals surface area contributed by atoms with Crippen LogP contribution in [0.1, 0.15) is 130 Å². The first kappa shape index (κ1) is 39.7. The molecule has 0 atom stereocenters. The molecule has 2 aromatic heterocycles. The second kappa shape index (κ2) is 14.9. The molecule has 0 aliphatic rings. The number of aromatic hydroxyl groups is 1. The number of phenolic OH excluding ortho intramolecular Hbond substituents is 1. The molecule has 284 valence electrons. The summed E-state index contributed by atoms with van der Waals surface area (Å²) < 4.78 is 0. The molecule has 0 amide bonds. The van der Waals surface area contributed by atoms with Gasteiger partial charge in [-0.2, -0.15) is 0 Å². The summed E-state index contributed by atoms with van der Waals surface area (Å²) in [7, 11) is 0. The smallest absolute Gasteiger partial charge is 0.124 e. The molecule has 6 rings (SSSR count). The molecule has 3 heteroatoms. The van der Waals surface area contributed by atoms with E-state index in [2.05, 4.69) is 169 Å². The summed E-state index contributed by atoms with van der Waals surface area (Å²) in [6, 6.07) is 36.6. The van der Waals surface area contributed by atoms with Crippen molar-refractivity contribution in [3.63, 3.8) is 0 Å². The van der Waals surface area contributed by atoms with Crippen molar-refractivity contribution in [1.29, 1.82) is 0 Å². The summed E-state index contributed by atoms with van der Waals surface area (Å²) in [4.78, 5) is 10.1. The van der Waals surface area contributed by atoms with Gasteiger partial charge in [-0.05, 0) is 121 Å². The topological polar surface area (TPSA) is 46.0 Å². The van der Waals surface area contributed by atoms with Gasteiger partial charge in [0.25, 0.3) is 0 Å². The van der Waals surface area contributed by atoms with E-state index in [-0.39, 0.29) is 22.0 Å². The van der Waals surface area contributed by atoms with Crippen LogP contribution < -0.4 is 0 Å². The van der Waals surface area contributed by atoms with E-state index in [0.717, 1.165) is 39.3 Å². The van der Waals surface area contributed by atoms with Crippen LogP contribution in [0.3, 0.4) is 0 Å². The summed E-state index contributed by atoms with van der Waals surface area (Å²) in [5, 5.41) is 11.0. The lowest BCUT2D eigenvalue weighted by molar-refractivity contribution is 0.477. The Bertz CT molecular complexity index is 2280. The van der Waals surface area contributed by atoms with Crippen LogP contribution >= 0.6 is 0 Å². The van der Waals surface area contributed by atoms with E-state index >= 15 is 0 Å². The molecule has 0 fully saturated rings. The highest BCUT2D eigenvalue weighted by molar-refractivity contribution is 5.82. The molecule has 0 aliphatic heterocycles. The summed E-state index contributed by atoms with van der Waals surface area (Å²) in [5.41, 5.74) is 16.7. The number of hydrogen-bond donors (Lipinski definition) is 1. The van der Waals surface area contributed by atoms with Crippen LogP contribution in [-0.4, -0.2) is 15.1 Å². The number of nitrogens with zero attached hydrogens (tertiary/aromatic N) is 2. The van der Waals surface area contributed by atoms with E-state index < -0.39 is 0 Å². The number of aromatic nitrogens is 2. The lowest BCUT2D eigenvalue weighted by atomic mass is 9.78. The van der Waals surface area contributed by atoms with Gasteiger partial charge >= 0.3 is 0 Å². The van der Waals surface area contributed by atoms with Gasteiger partial charge in [-0.3, -0.25) is 4.98 Å². The minimum Gasteiger partial charge on any atom is -0.507 e. The predicted octanol–water partition coefficient (Wildman–Crippen LogP) is 14.7. The Kier molecular flexibility index (Phi) is 10.7. The molecule has 0 spiro atoms. The number of rotatable bonds is 7. The number of pyridine rings is 2. The fraction of sp³-hybridized carbons (Fsp3) is 0.346. The molecule has 0 unspecified atom stereocenters. The van der Waals surface area contributed by atoms with E-state index in [4.69, 9.17) is 9.97 Å². The number of phenols is 1. The predicted molar refractivity (Wildman–Crippen MR) is 235 cm³/mol. The average molecular weight is 729 g/mol. The standard InChI is InChI=1S/C52H60N2O/c1-32(2)43-30-41(52(11,12)13)31-44(33(3)4)49(43)36-21-22-53-45(26-36)34-17-16-18-35(23-34)46-27-38(28-47(54-46)42-19-14-15-20-48(42)55)37-24-39(50(5,6)7)29-40(25-37)51(8,9)10/h14-33,55H,1-13H3. The Balaban J connectivity index is 1.52. The highest BCUT2D eigenvalue weighted by atomic mass is 16.3. The average Bonchev–Trinajstić information content (AvgIpc) is 3.13. The summed E-state index contributed by atoms with van der Waals surface area (Å²) in [5.74, 6) is 0.952. The van der Waals surface area contributed by atoms with Crippen molar-refractivity contribution in [3.05, 3.63) is 137 Å². The number of benzene rings is 4. The van der Waals surface area contributed by atoms with E-state index in [1.165, 1.54) is 38.9 Å². The molecule has 6 aromatic rings.